The zero-order chi connectivity index (χ0) is 13.9. The number of nitrogens with one attached hydrogen (secondary N) is 1. The van der Waals surface area contributed by atoms with Gasteiger partial charge in [-0.05, 0) is 37.5 Å². The van der Waals surface area contributed by atoms with Crippen molar-refractivity contribution < 1.29 is 4.79 Å². The summed E-state index contributed by atoms with van der Waals surface area (Å²) in [5.74, 6) is 0.0541. The number of carbonyl (C=O) groups excluding carboxylic acids is 1. The standard InChI is InChI=1S/C15H21BrN2O/c1-11(17)9-14(19)18-10-15(7-2-8-15)12-3-5-13(16)6-4-12/h3-6,11H,2,7-10,17H2,1H3,(H,18,19). The summed E-state index contributed by atoms with van der Waals surface area (Å²) in [6.07, 6.45) is 3.93. The molecule has 1 unspecified atom stereocenters. The SMILES string of the molecule is CC(N)CC(=O)NCC1(c2ccc(Br)cc2)CCC1. The topological polar surface area (TPSA) is 55.1 Å². The summed E-state index contributed by atoms with van der Waals surface area (Å²) in [4.78, 5) is 11.7. The Kier molecular flexibility index (Phi) is 4.63. The second-order valence-electron chi connectivity index (χ2n) is 5.60. The van der Waals surface area contributed by atoms with Gasteiger partial charge in [-0.1, -0.05) is 34.5 Å². The molecular formula is C15H21BrN2O. The smallest absolute Gasteiger partial charge is 0.221 e. The number of hydrogen-bond donors (Lipinski definition) is 2. The minimum atomic E-state index is -0.0787. The van der Waals surface area contributed by atoms with Crippen LogP contribution in [-0.4, -0.2) is 18.5 Å². The molecular weight excluding hydrogens is 304 g/mol. The van der Waals surface area contributed by atoms with Crippen LogP contribution in [-0.2, 0) is 10.2 Å². The van der Waals surface area contributed by atoms with Gasteiger partial charge in [-0.15, -0.1) is 0 Å². The van der Waals surface area contributed by atoms with Gasteiger partial charge in [-0.3, -0.25) is 4.79 Å². The molecule has 104 valence electrons. The van der Waals surface area contributed by atoms with E-state index in [0.29, 0.717) is 6.42 Å². The van der Waals surface area contributed by atoms with E-state index in [1.807, 2.05) is 6.92 Å². The van der Waals surface area contributed by atoms with Gasteiger partial charge in [0.05, 0.1) is 0 Å². The van der Waals surface area contributed by atoms with Gasteiger partial charge < -0.3 is 11.1 Å². The van der Waals surface area contributed by atoms with Crippen LogP contribution in [0.3, 0.4) is 0 Å². The van der Waals surface area contributed by atoms with Gasteiger partial charge in [-0.25, -0.2) is 0 Å². The minimum absolute atomic E-state index is 0.0541. The summed E-state index contributed by atoms with van der Waals surface area (Å²) in [7, 11) is 0. The maximum atomic E-state index is 11.7. The number of nitrogens with two attached hydrogens (primary N) is 1. The van der Waals surface area contributed by atoms with Gasteiger partial charge in [-0.2, -0.15) is 0 Å². The Morgan fingerprint density at radius 3 is 2.53 bits per heavy atom. The zero-order valence-electron chi connectivity index (χ0n) is 11.3. The molecule has 2 rings (SSSR count). The van der Waals surface area contributed by atoms with Crippen LogP contribution in [0, 0.1) is 0 Å². The van der Waals surface area contributed by atoms with E-state index in [1.54, 1.807) is 0 Å². The van der Waals surface area contributed by atoms with Gasteiger partial charge >= 0.3 is 0 Å². The molecule has 0 radical (unpaired) electrons. The first-order chi connectivity index (χ1) is 9.02. The largest absolute Gasteiger partial charge is 0.355 e. The number of carbonyl (C=O) groups is 1. The maximum absolute atomic E-state index is 11.7. The van der Waals surface area contributed by atoms with Crippen LogP contribution >= 0.6 is 15.9 Å². The summed E-state index contributed by atoms with van der Waals surface area (Å²) in [6, 6.07) is 8.37. The fraction of sp³-hybridized carbons (Fsp3) is 0.533. The van der Waals surface area contributed by atoms with Crippen molar-refractivity contribution in [2.24, 2.45) is 5.73 Å². The molecule has 1 aromatic rings. The van der Waals surface area contributed by atoms with E-state index in [1.165, 1.54) is 12.0 Å². The second-order valence-corrected chi connectivity index (χ2v) is 6.51. The molecule has 1 aliphatic carbocycles. The molecule has 0 aromatic heterocycles. The lowest BCUT2D eigenvalue weighted by molar-refractivity contribution is -0.121. The van der Waals surface area contributed by atoms with Crippen LogP contribution in [0.2, 0.25) is 0 Å². The predicted molar refractivity (Wildman–Crippen MR) is 80.9 cm³/mol. The quantitative estimate of drug-likeness (QED) is 0.875. The molecule has 0 saturated heterocycles. The molecule has 19 heavy (non-hydrogen) atoms. The molecule has 3 nitrogen and oxygen atoms in total. The summed E-state index contributed by atoms with van der Waals surface area (Å²) >= 11 is 3.46. The highest BCUT2D eigenvalue weighted by atomic mass is 79.9. The minimum Gasteiger partial charge on any atom is -0.355 e. The number of halogens is 1. The average Bonchev–Trinajstić information content (AvgIpc) is 2.29. The average molecular weight is 325 g/mol. The van der Waals surface area contributed by atoms with Crippen molar-refractivity contribution in [3.05, 3.63) is 34.3 Å². The molecule has 1 saturated carbocycles. The molecule has 1 aromatic carbocycles. The highest BCUT2D eigenvalue weighted by molar-refractivity contribution is 9.10. The monoisotopic (exact) mass is 324 g/mol. The third-order valence-electron chi connectivity index (χ3n) is 3.90. The van der Waals surface area contributed by atoms with Crippen LogP contribution in [0.4, 0.5) is 0 Å². The van der Waals surface area contributed by atoms with E-state index in [-0.39, 0.29) is 17.4 Å². The molecule has 1 atom stereocenters. The van der Waals surface area contributed by atoms with Crippen LogP contribution < -0.4 is 11.1 Å². The molecule has 0 aliphatic heterocycles. The highest BCUT2D eigenvalue weighted by Crippen LogP contribution is 2.43. The van der Waals surface area contributed by atoms with Gasteiger partial charge in [0, 0.05) is 28.9 Å². The summed E-state index contributed by atoms with van der Waals surface area (Å²) < 4.78 is 1.09. The Hall–Kier alpha value is -0.870. The van der Waals surface area contributed by atoms with Crippen molar-refractivity contribution in [1.29, 1.82) is 0 Å². The highest BCUT2D eigenvalue weighted by Gasteiger charge is 2.38. The number of amides is 1. The lowest BCUT2D eigenvalue weighted by Gasteiger charge is -2.42. The van der Waals surface area contributed by atoms with Crippen LogP contribution in [0.1, 0.15) is 38.2 Å². The Labute approximate surface area is 123 Å². The van der Waals surface area contributed by atoms with E-state index < -0.39 is 0 Å². The van der Waals surface area contributed by atoms with E-state index in [2.05, 4.69) is 45.5 Å². The Bertz CT molecular complexity index is 438. The molecule has 0 spiro atoms. The van der Waals surface area contributed by atoms with Crippen molar-refractivity contribution in [2.75, 3.05) is 6.54 Å². The fourth-order valence-electron chi connectivity index (χ4n) is 2.61. The molecule has 1 fully saturated rings. The molecule has 1 amide bonds. The molecule has 4 heteroatoms. The Balaban J connectivity index is 1.99. The Morgan fingerprint density at radius 1 is 1.42 bits per heavy atom. The first-order valence-electron chi connectivity index (χ1n) is 6.80. The van der Waals surface area contributed by atoms with Gasteiger partial charge in [0.1, 0.15) is 0 Å². The van der Waals surface area contributed by atoms with Crippen molar-refractivity contribution in [2.45, 2.75) is 44.1 Å². The Morgan fingerprint density at radius 2 is 2.05 bits per heavy atom. The predicted octanol–water partition coefficient (Wildman–Crippen LogP) is 2.72. The first-order valence-corrected chi connectivity index (χ1v) is 7.59. The second kappa shape index (κ2) is 6.06. The summed E-state index contributed by atoms with van der Waals surface area (Å²) in [6.45, 7) is 2.58. The van der Waals surface area contributed by atoms with Crippen LogP contribution in [0.15, 0.2) is 28.7 Å². The van der Waals surface area contributed by atoms with E-state index in [0.717, 1.165) is 23.9 Å². The van der Waals surface area contributed by atoms with Crippen molar-refractivity contribution in [1.82, 2.24) is 5.32 Å². The number of benzene rings is 1. The first kappa shape index (κ1) is 14.5. The van der Waals surface area contributed by atoms with Crippen molar-refractivity contribution in [3.63, 3.8) is 0 Å². The third-order valence-corrected chi connectivity index (χ3v) is 4.43. The summed E-state index contributed by atoms with van der Waals surface area (Å²) in [5, 5.41) is 3.04. The van der Waals surface area contributed by atoms with E-state index >= 15 is 0 Å². The van der Waals surface area contributed by atoms with Gasteiger partial charge in [0.15, 0.2) is 0 Å². The van der Waals surface area contributed by atoms with Gasteiger partial charge in [0.25, 0.3) is 0 Å². The number of rotatable bonds is 5. The normalized spacial score (nSPS) is 18.5. The lowest BCUT2D eigenvalue weighted by Crippen LogP contribution is -2.46. The zero-order valence-corrected chi connectivity index (χ0v) is 12.9. The fourth-order valence-corrected chi connectivity index (χ4v) is 2.87. The number of hydrogen-bond acceptors (Lipinski definition) is 2. The summed E-state index contributed by atoms with van der Waals surface area (Å²) in [5.41, 5.74) is 7.10. The van der Waals surface area contributed by atoms with E-state index in [9.17, 15) is 4.79 Å². The molecule has 0 heterocycles. The molecule has 3 N–H and O–H groups in total. The van der Waals surface area contributed by atoms with Crippen molar-refractivity contribution in [3.8, 4) is 0 Å². The maximum Gasteiger partial charge on any atom is 0.221 e. The van der Waals surface area contributed by atoms with E-state index in [4.69, 9.17) is 5.73 Å². The van der Waals surface area contributed by atoms with Crippen LogP contribution in [0.25, 0.3) is 0 Å². The third kappa shape index (κ3) is 3.57. The lowest BCUT2D eigenvalue weighted by atomic mass is 9.64. The van der Waals surface area contributed by atoms with Gasteiger partial charge in [0.2, 0.25) is 5.91 Å². The molecule has 0 bridgehead atoms. The van der Waals surface area contributed by atoms with Crippen molar-refractivity contribution >= 4 is 21.8 Å². The molecule has 1 aliphatic rings. The van der Waals surface area contributed by atoms with Crippen LogP contribution in [0.5, 0.6) is 0 Å².